The first-order chi connectivity index (χ1) is 7.33. The minimum absolute atomic E-state index is 0. The van der Waals surface area contributed by atoms with E-state index in [1.54, 1.807) is 0 Å². The van der Waals surface area contributed by atoms with Crippen LogP contribution in [0.3, 0.4) is 0 Å². The van der Waals surface area contributed by atoms with Crippen LogP contribution in [0.15, 0.2) is 28.7 Å². The molecule has 1 saturated heterocycles. The number of benzene rings is 1. The number of halogens is 1. The molecule has 2 N–H and O–H groups in total. The summed E-state index contributed by atoms with van der Waals surface area (Å²) in [4.78, 5) is 6.53. The van der Waals surface area contributed by atoms with Crippen molar-refractivity contribution in [3.63, 3.8) is 0 Å². The molecular weight excluding hydrogens is 226 g/mol. The van der Waals surface area contributed by atoms with Gasteiger partial charge in [-0.1, -0.05) is 12.1 Å². The van der Waals surface area contributed by atoms with Crippen LogP contribution in [0.4, 0.5) is 6.01 Å². The highest BCUT2D eigenvalue weighted by molar-refractivity contribution is 5.85. The highest BCUT2D eigenvalue weighted by Gasteiger charge is 2.23. The standard InChI is InChI=1S/C11H13N3O.ClH/c12-8-5-6-14(7-8)11-13-9-3-1-2-4-10(9)15-11;/h1-4,8H,5-7,12H2;1H. The van der Waals surface area contributed by atoms with Crippen molar-refractivity contribution in [1.82, 2.24) is 4.98 Å². The van der Waals surface area contributed by atoms with E-state index in [1.807, 2.05) is 24.3 Å². The van der Waals surface area contributed by atoms with Crippen molar-refractivity contribution in [1.29, 1.82) is 0 Å². The largest absolute Gasteiger partial charge is 0.423 e. The Labute approximate surface area is 99.8 Å². The SMILES string of the molecule is Cl.NC1CCN(c2nc3ccccc3o2)C1. The van der Waals surface area contributed by atoms with Gasteiger partial charge in [0.2, 0.25) is 0 Å². The molecule has 0 amide bonds. The highest BCUT2D eigenvalue weighted by Crippen LogP contribution is 2.23. The summed E-state index contributed by atoms with van der Waals surface area (Å²) >= 11 is 0. The Morgan fingerprint density at radius 2 is 2.19 bits per heavy atom. The van der Waals surface area contributed by atoms with Gasteiger partial charge in [-0.2, -0.15) is 4.98 Å². The second kappa shape index (κ2) is 4.31. The molecule has 16 heavy (non-hydrogen) atoms. The molecule has 1 atom stereocenters. The highest BCUT2D eigenvalue weighted by atomic mass is 35.5. The van der Waals surface area contributed by atoms with E-state index in [2.05, 4.69) is 9.88 Å². The molecule has 0 spiro atoms. The summed E-state index contributed by atoms with van der Waals surface area (Å²) in [5.74, 6) is 0. The van der Waals surface area contributed by atoms with E-state index in [0.717, 1.165) is 30.6 Å². The fourth-order valence-corrected chi connectivity index (χ4v) is 1.96. The van der Waals surface area contributed by atoms with Crippen LogP contribution in [0, 0.1) is 0 Å². The number of para-hydroxylation sites is 2. The molecule has 0 bridgehead atoms. The van der Waals surface area contributed by atoms with Crippen LogP contribution in [0.25, 0.3) is 11.1 Å². The van der Waals surface area contributed by atoms with Gasteiger partial charge in [0.1, 0.15) is 5.52 Å². The fraction of sp³-hybridized carbons (Fsp3) is 0.364. The number of anilines is 1. The Kier molecular flexibility index (Phi) is 3.03. The van der Waals surface area contributed by atoms with Crippen molar-refractivity contribution in [3.8, 4) is 0 Å². The van der Waals surface area contributed by atoms with E-state index in [1.165, 1.54) is 0 Å². The average molecular weight is 240 g/mol. The van der Waals surface area contributed by atoms with Gasteiger partial charge in [-0.05, 0) is 18.6 Å². The number of aromatic nitrogens is 1. The molecule has 2 aromatic rings. The molecule has 86 valence electrons. The number of fused-ring (bicyclic) bond motifs is 1. The van der Waals surface area contributed by atoms with Crippen molar-refractivity contribution >= 4 is 29.5 Å². The van der Waals surface area contributed by atoms with E-state index < -0.39 is 0 Å². The minimum atomic E-state index is 0. The van der Waals surface area contributed by atoms with Crippen LogP contribution in [0.1, 0.15) is 6.42 Å². The summed E-state index contributed by atoms with van der Waals surface area (Å²) in [5, 5.41) is 0. The summed E-state index contributed by atoms with van der Waals surface area (Å²) in [6.07, 6.45) is 1.01. The normalized spacial score (nSPS) is 20.1. The molecule has 3 rings (SSSR count). The van der Waals surface area contributed by atoms with Crippen molar-refractivity contribution in [2.75, 3.05) is 18.0 Å². The zero-order valence-electron chi connectivity index (χ0n) is 8.80. The van der Waals surface area contributed by atoms with E-state index >= 15 is 0 Å². The van der Waals surface area contributed by atoms with Gasteiger partial charge in [0.25, 0.3) is 6.01 Å². The third-order valence-corrected chi connectivity index (χ3v) is 2.78. The molecule has 1 unspecified atom stereocenters. The maximum Gasteiger partial charge on any atom is 0.298 e. The van der Waals surface area contributed by atoms with Crippen molar-refractivity contribution in [2.45, 2.75) is 12.5 Å². The van der Waals surface area contributed by atoms with Gasteiger partial charge < -0.3 is 15.1 Å². The zero-order valence-corrected chi connectivity index (χ0v) is 9.61. The molecule has 1 aromatic heterocycles. The molecule has 1 fully saturated rings. The molecular formula is C11H14ClN3O. The van der Waals surface area contributed by atoms with E-state index in [0.29, 0.717) is 6.01 Å². The fourth-order valence-electron chi connectivity index (χ4n) is 1.96. The van der Waals surface area contributed by atoms with Crippen LogP contribution in [-0.2, 0) is 0 Å². The van der Waals surface area contributed by atoms with Gasteiger partial charge in [0.15, 0.2) is 5.58 Å². The van der Waals surface area contributed by atoms with Gasteiger partial charge in [-0.15, -0.1) is 12.4 Å². The van der Waals surface area contributed by atoms with Crippen molar-refractivity contribution in [2.24, 2.45) is 5.73 Å². The van der Waals surface area contributed by atoms with Crippen LogP contribution >= 0.6 is 12.4 Å². The molecule has 0 aliphatic carbocycles. The number of nitrogens with zero attached hydrogens (tertiary/aromatic N) is 2. The number of oxazole rings is 1. The summed E-state index contributed by atoms with van der Waals surface area (Å²) in [7, 11) is 0. The maximum atomic E-state index is 5.85. The Bertz CT molecular complexity index is 452. The first-order valence-electron chi connectivity index (χ1n) is 5.19. The molecule has 1 aliphatic heterocycles. The minimum Gasteiger partial charge on any atom is -0.423 e. The summed E-state index contributed by atoms with van der Waals surface area (Å²) in [6.45, 7) is 1.78. The third kappa shape index (κ3) is 1.86. The predicted octanol–water partition coefficient (Wildman–Crippen LogP) is 1.79. The topological polar surface area (TPSA) is 55.3 Å². The van der Waals surface area contributed by atoms with Gasteiger partial charge in [0, 0.05) is 19.1 Å². The average Bonchev–Trinajstić information content (AvgIpc) is 2.82. The van der Waals surface area contributed by atoms with E-state index in [9.17, 15) is 0 Å². The van der Waals surface area contributed by atoms with Crippen LogP contribution < -0.4 is 10.6 Å². The molecule has 5 heteroatoms. The Morgan fingerprint density at radius 1 is 1.38 bits per heavy atom. The quantitative estimate of drug-likeness (QED) is 0.824. The lowest BCUT2D eigenvalue weighted by Gasteiger charge is -2.11. The van der Waals surface area contributed by atoms with Crippen molar-refractivity contribution in [3.05, 3.63) is 24.3 Å². The molecule has 1 aromatic carbocycles. The monoisotopic (exact) mass is 239 g/mol. The maximum absolute atomic E-state index is 5.85. The van der Waals surface area contributed by atoms with E-state index in [4.69, 9.17) is 10.2 Å². The van der Waals surface area contributed by atoms with Gasteiger partial charge in [-0.3, -0.25) is 0 Å². The summed E-state index contributed by atoms with van der Waals surface area (Å²) in [5.41, 5.74) is 7.60. The third-order valence-electron chi connectivity index (χ3n) is 2.78. The number of hydrogen-bond acceptors (Lipinski definition) is 4. The van der Waals surface area contributed by atoms with Crippen LogP contribution in [0.5, 0.6) is 0 Å². The Morgan fingerprint density at radius 3 is 2.88 bits per heavy atom. The lowest BCUT2D eigenvalue weighted by molar-refractivity contribution is 0.583. The first kappa shape index (κ1) is 11.2. The molecule has 0 saturated carbocycles. The smallest absolute Gasteiger partial charge is 0.298 e. The van der Waals surface area contributed by atoms with Crippen LogP contribution in [0.2, 0.25) is 0 Å². The second-order valence-electron chi connectivity index (χ2n) is 3.96. The first-order valence-corrected chi connectivity index (χ1v) is 5.19. The number of hydrogen-bond donors (Lipinski definition) is 1. The van der Waals surface area contributed by atoms with Crippen molar-refractivity contribution < 1.29 is 4.42 Å². The lowest BCUT2D eigenvalue weighted by Crippen LogP contribution is -2.26. The Balaban J connectivity index is 0.000000963. The molecule has 1 aliphatic rings. The van der Waals surface area contributed by atoms with Gasteiger partial charge in [0.05, 0.1) is 0 Å². The summed E-state index contributed by atoms with van der Waals surface area (Å²) in [6, 6.07) is 8.75. The zero-order chi connectivity index (χ0) is 10.3. The number of rotatable bonds is 1. The second-order valence-corrected chi connectivity index (χ2v) is 3.96. The lowest BCUT2D eigenvalue weighted by atomic mass is 10.3. The number of nitrogens with two attached hydrogens (primary N) is 1. The van der Waals surface area contributed by atoms with Crippen LogP contribution in [-0.4, -0.2) is 24.1 Å². The molecule has 0 radical (unpaired) electrons. The molecule has 2 heterocycles. The van der Waals surface area contributed by atoms with Gasteiger partial charge in [-0.25, -0.2) is 0 Å². The van der Waals surface area contributed by atoms with E-state index in [-0.39, 0.29) is 18.4 Å². The molecule has 4 nitrogen and oxygen atoms in total. The Hall–Kier alpha value is -1.26. The predicted molar refractivity (Wildman–Crippen MR) is 66.1 cm³/mol. The van der Waals surface area contributed by atoms with Gasteiger partial charge >= 0.3 is 0 Å². The summed E-state index contributed by atoms with van der Waals surface area (Å²) < 4.78 is 5.66.